The van der Waals surface area contributed by atoms with Crippen molar-refractivity contribution in [3.63, 3.8) is 0 Å². The minimum Gasteiger partial charge on any atom is -0.338 e. The SMILES string of the molecule is CCC(C)(C#N)C(=O)N1CCN2CCCCC2C1. The molecule has 0 radical (unpaired) electrons. The van der Waals surface area contributed by atoms with Gasteiger partial charge in [-0.25, -0.2) is 0 Å². The summed E-state index contributed by atoms with van der Waals surface area (Å²) < 4.78 is 0. The highest BCUT2D eigenvalue weighted by molar-refractivity contribution is 5.85. The fraction of sp³-hybridized carbons (Fsp3) is 0.857. The van der Waals surface area contributed by atoms with Gasteiger partial charge < -0.3 is 4.90 Å². The summed E-state index contributed by atoms with van der Waals surface area (Å²) in [4.78, 5) is 16.9. The largest absolute Gasteiger partial charge is 0.338 e. The highest BCUT2D eigenvalue weighted by atomic mass is 16.2. The van der Waals surface area contributed by atoms with Crippen molar-refractivity contribution >= 4 is 5.91 Å². The minimum absolute atomic E-state index is 0.0257. The topological polar surface area (TPSA) is 47.3 Å². The standard InChI is InChI=1S/C14H23N3O/c1-3-14(2,11-15)13(18)17-9-8-16-7-5-4-6-12(16)10-17/h12H,3-10H2,1-2H3. The number of hydrogen-bond acceptors (Lipinski definition) is 3. The van der Waals surface area contributed by atoms with Gasteiger partial charge in [0.15, 0.2) is 0 Å². The molecule has 0 aromatic rings. The van der Waals surface area contributed by atoms with E-state index in [1.807, 2.05) is 11.8 Å². The number of hydrogen-bond donors (Lipinski definition) is 0. The fourth-order valence-electron chi connectivity index (χ4n) is 2.97. The molecular weight excluding hydrogens is 226 g/mol. The molecule has 100 valence electrons. The molecule has 1 amide bonds. The third-order valence-corrected chi connectivity index (χ3v) is 4.55. The summed E-state index contributed by atoms with van der Waals surface area (Å²) in [5.41, 5.74) is -0.836. The van der Waals surface area contributed by atoms with Gasteiger partial charge in [0.05, 0.1) is 6.07 Å². The van der Waals surface area contributed by atoms with Crippen LogP contribution in [0, 0.1) is 16.7 Å². The number of rotatable bonds is 2. The van der Waals surface area contributed by atoms with E-state index in [0.29, 0.717) is 12.5 Å². The van der Waals surface area contributed by atoms with Crippen LogP contribution in [0.25, 0.3) is 0 Å². The summed E-state index contributed by atoms with van der Waals surface area (Å²) in [7, 11) is 0. The van der Waals surface area contributed by atoms with Gasteiger partial charge in [0.1, 0.15) is 5.41 Å². The smallest absolute Gasteiger partial charge is 0.242 e. The minimum atomic E-state index is -0.836. The van der Waals surface area contributed by atoms with E-state index in [1.165, 1.54) is 25.8 Å². The van der Waals surface area contributed by atoms with E-state index in [-0.39, 0.29) is 5.91 Å². The Labute approximate surface area is 110 Å². The van der Waals surface area contributed by atoms with E-state index in [0.717, 1.165) is 19.6 Å². The molecule has 4 nitrogen and oxygen atoms in total. The van der Waals surface area contributed by atoms with Gasteiger partial charge >= 0.3 is 0 Å². The van der Waals surface area contributed by atoms with Crippen molar-refractivity contribution in [1.82, 2.24) is 9.80 Å². The lowest BCUT2D eigenvalue weighted by Crippen LogP contribution is -2.58. The molecule has 0 N–H and O–H groups in total. The lowest BCUT2D eigenvalue weighted by molar-refractivity contribution is -0.142. The Kier molecular flexibility index (Phi) is 3.91. The Bertz CT molecular complexity index is 363. The maximum atomic E-state index is 12.4. The van der Waals surface area contributed by atoms with Gasteiger partial charge in [0.2, 0.25) is 5.91 Å². The van der Waals surface area contributed by atoms with Gasteiger partial charge in [-0.05, 0) is 32.7 Å². The van der Waals surface area contributed by atoms with E-state index in [2.05, 4.69) is 11.0 Å². The molecule has 0 aliphatic carbocycles. The van der Waals surface area contributed by atoms with Crippen molar-refractivity contribution < 1.29 is 4.79 Å². The highest BCUT2D eigenvalue weighted by Crippen LogP contribution is 2.27. The molecule has 0 spiro atoms. The zero-order valence-corrected chi connectivity index (χ0v) is 11.5. The van der Waals surface area contributed by atoms with E-state index >= 15 is 0 Å². The lowest BCUT2D eigenvalue weighted by atomic mass is 9.87. The summed E-state index contributed by atoms with van der Waals surface area (Å²) in [6.45, 7) is 7.43. The molecule has 4 heteroatoms. The first-order valence-electron chi connectivity index (χ1n) is 7.05. The van der Waals surface area contributed by atoms with Crippen molar-refractivity contribution in [1.29, 1.82) is 5.26 Å². The molecule has 18 heavy (non-hydrogen) atoms. The van der Waals surface area contributed by atoms with Crippen molar-refractivity contribution in [2.75, 3.05) is 26.2 Å². The zero-order chi connectivity index (χ0) is 13.2. The van der Waals surface area contributed by atoms with Gasteiger partial charge in [-0.3, -0.25) is 9.69 Å². The molecule has 0 bridgehead atoms. The Morgan fingerprint density at radius 1 is 1.39 bits per heavy atom. The zero-order valence-electron chi connectivity index (χ0n) is 11.5. The maximum Gasteiger partial charge on any atom is 0.242 e. The molecule has 0 aromatic carbocycles. The first-order valence-corrected chi connectivity index (χ1v) is 7.05. The maximum absolute atomic E-state index is 12.4. The molecule has 2 unspecified atom stereocenters. The number of nitrogens with zero attached hydrogens (tertiary/aromatic N) is 3. The van der Waals surface area contributed by atoms with Crippen LogP contribution in [0.1, 0.15) is 39.5 Å². The predicted molar refractivity (Wildman–Crippen MR) is 69.8 cm³/mol. The molecular formula is C14H23N3O. The number of fused-ring (bicyclic) bond motifs is 1. The number of carbonyl (C=O) groups excluding carboxylic acids is 1. The van der Waals surface area contributed by atoms with Crippen LogP contribution in [-0.4, -0.2) is 47.9 Å². The Hall–Kier alpha value is -1.08. The third-order valence-electron chi connectivity index (χ3n) is 4.55. The quantitative estimate of drug-likeness (QED) is 0.747. The van der Waals surface area contributed by atoms with Crippen LogP contribution in [0.2, 0.25) is 0 Å². The van der Waals surface area contributed by atoms with E-state index in [9.17, 15) is 10.1 Å². The summed E-state index contributed by atoms with van der Waals surface area (Å²) in [6, 6.07) is 2.72. The van der Waals surface area contributed by atoms with Crippen LogP contribution in [0.5, 0.6) is 0 Å². The summed E-state index contributed by atoms with van der Waals surface area (Å²) in [5.74, 6) is 0.0257. The summed E-state index contributed by atoms with van der Waals surface area (Å²) in [6.07, 6.45) is 4.34. The van der Waals surface area contributed by atoms with E-state index in [4.69, 9.17) is 0 Å². The number of nitriles is 1. The Balaban J connectivity index is 2.03. The Morgan fingerprint density at radius 2 is 2.17 bits per heavy atom. The Morgan fingerprint density at radius 3 is 2.83 bits per heavy atom. The average Bonchev–Trinajstić information content (AvgIpc) is 2.45. The van der Waals surface area contributed by atoms with Crippen LogP contribution < -0.4 is 0 Å². The second-order valence-electron chi connectivity index (χ2n) is 5.73. The molecule has 2 aliphatic rings. The predicted octanol–water partition coefficient (Wildman–Crippen LogP) is 1.62. The van der Waals surface area contributed by atoms with Crippen LogP contribution in [0.3, 0.4) is 0 Å². The average molecular weight is 249 g/mol. The molecule has 2 rings (SSSR count). The van der Waals surface area contributed by atoms with Gasteiger partial charge in [-0.1, -0.05) is 13.3 Å². The van der Waals surface area contributed by atoms with Crippen LogP contribution in [0.15, 0.2) is 0 Å². The van der Waals surface area contributed by atoms with Gasteiger partial charge in [-0.15, -0.1) is 0 Å². The van der Waals surface area contributed by atoms with Crippen molar-refractivity contribution in [2.24, 2.45) is 5.41 Å². The van der Waals surface area contributed by atoms with Crippen LogP contribution in [-0.2, 0) is 4.79 Å². The molecule has 2 heterocycles. The normalized spacial score (nSPS) is 28.1. The molecule has 2 aliphatic heterocycles. The highest BCUT2D eigenvalue weighted by Gasteiger charge is 2.39. The number of piperazine rings is 1. The number of carbonyl (C=O) groups is 1. The van der Waals surface area contributed by atoms with Crippen molar-refractivity contribution in [3.8, 4) is 6.07 Å². The lowest BCUT2D eigenvalue weighted by Gasteiger charge is -2.45. The van der Waals surface area contributed by atoms with Gasteiger partial charge in [0.25, 0.3) is 0 Å². The van der Waals surface area contributed by atoms with E-state index < -0.39 is 5.41 Å². The van der Waals surface area contributed by atoms with E-state index in [1.54, 1.807) is 6.92 Å². The first-order chi connectivity index (χ1) is 8.60. The second kappa shape index (κ2) is 5.27. The molecule has 2 fully saturated rings. The summed E-state index contributed by atoms with van der Waals surface area (Å²) in [5, 5.41) is 9.21. The molecule has 2 saturated heterocycles. The fourth-order valence-corrected chi connectivity index (χ4v) is 2.97. The first kappa shape index (κ1) is 13.4. The molecule has 0 saturated carbocycles. The number of amides is 1. The van der Waals surface area contributed by atoms with Gasteiger partial charge in [0, 0.05) is 25.7 Å². The van der Waals surface area contributed by atoms with Crippen LogP contribution in [0.4, 0.5) is 0 Å². The summed E-state index contributed by atoms with van der Waals surface area (Å²) >= 11 is 0. The van der Waals surface area contributed by atoms with Crippen molar-refractivity contribution in [3.05, 3.63) is 0 Å². The second-order valence-corrected chi connectivity index (χ2v) is 5.73. The number of piperidine rings is 1. The van der Waals surface area contributed by atoms with Crippen molar-refractivity contribution in [2.45, 2.75) is 45.6 Å². The van der Waals surface area contributed by atoms with Crippen LogP contribution >= 0.6 is 0 Å². The molecule has 0 aromatic heterocycles. The molecule has 2 atom stereocenters. The third kappa shape index (κ3) is 2.37. The monoisotopic (exact) mass is 249 g/mol. The van der Waals surface area contributed by atoms with Gasteiger partial charge in [-0.2, -0.15) is 5.26 Å².